The summed E-state index contributed by atoms with van der Waals surface area (Å²) in [6.45, 7) is 0.629. The lowest BCUT2D eigenvalue weighted by Crippen LogP contribution is -2.31. The maximum absolute atomic E-state index is 12.0. The normalized spacial score (nSPS) is 22.2. The standard InChI is InChI=1S/C14H17BrN2O3/c15-12-5-1-3-10(7-12)9-16-14(18)11-4-2-6-13(8-11)17(19)20/h2,4,6,8,10,12H,1,3,5,7,9H2,(H,16,18). The molecule has 2 rings (SSSR count). The fourth-order valence-corrected chi connectivity index (χ4v) is 3.36. The highest BCUT2D eigenvalue weighted by atomic mass is 79.9. The zero-order valence-electron chi connectivity index (χ0n) is 11.0. The van der Waals surface area contributed by atoms with Gasteiger partial charge in [-0.15, -0.1) is 0 Å². The summed E-state index contributed by atoms with van der Waals surface area (Å²) in [5, 5.41) is 13.6. The number of nitrogens with zero attached hydrogens (tertiary/aromatic N) is 1. The van der Waals surface area contributed by atoms with Crippen LogP contribution in [0.25, 0.3) is 0 Å². The predicted octanol–water partition coefficient (Wildman–Crippen LogP) is 3.28. The molecule has 0 bridgehead atoms. The van der Waals surface area contributed by atoms with E-state index in [1.54, 1.807) is 6.07 Å². The maximum atomic E-state index is 12.0. The molecule has 1 aromatic carbocycles. The Bertz CT molecular complexity index is 507. The van der Waals surface area contributed by atoms with Gasteiger partial charge in [-0.3, -0.25) is 14.9 Å². The van der Waals surface area contributed by atoms with Gasteiger partial charge in [0.15, 0.2) is 0 Å². The number of benzene rings is 1. The van der Waals surface area contributed by atoms with Gasteiger partial charge in [0.25, 0.3) is 11.6 Å². The zero-order valence-corrected chi connectivity index (χ0v) is 12.6. The highest BCUT2D eigenvalue weighted by Gasteiger charge is 2.20. The molecule has 1 amide bonds. The molecule has 0 heterocycles. The van der Waals surface area contributed by atoms with Crippen LogP contribution in [-0.4, -0.2) is 22.2 Å². The number of hydrogen-bond acceptors (Lipinski definition) is 3. The number of carbonyl (C=O) groups is 1. The maximum Gasteiger partial charge on any atom is 0.270 e. The van der Waals surface area contributed by atoms with Crippen molar-refractivity contribution in [3.63, 3.8) is 0 Å². The Morgan fingerprint density at radius 3 is 2.95 bits per heavy atom. The van der Waals surface area contributed by atoms with E-state index in [1.165, 1.54) is 31.0 Å². The average molecular weight is 341 g/mol. The molecule has 1 aliphatic rings. The van der Waals surface area contributed by atoms with Crippen LogP contribution in [0, 0.1) is 16.0 Å². The van der Waals surface area contributed by atoms with Gasteiger partial charge in [0.2, 0.25) is 0 Å². The Morgan fingerprint density at radius 1 is 1.45 bits per heavy atom. The summed E-state index contributed by atoms with van der Waals surface area (Å²) in [5.74, 6) is 0.237. The molecule has 1 saturated carbocycles. The summed E-state index contributed by atoms with van der Waals surface area (Å²) in [5.41, 5.74) is 0.279. The van der Waals surface area contributed by atoms with Crippen molar-refractivity contribution in [1.82, 2.24) is 5.32 Å². The van der Waals surface area contributed by atoms with Gasteiger partial charge in [-0.25, -0.2) is 0 Å². The largest absolute Gasteiger partial charge is 0.352 e. The number of nitro groups is 1. The number of alkyl halides is 1. The monoisotopic (exact) mass is 340 g/mol. The summed E-state index contributed by atoms with van der Waals surface area (Å²) in [4.78, 5) is 22.7. The second kappa shape index (κ2) is 6.83. The number of nitro benzene ring substituents is 1. The van der Waals surface area contributed by atoms with Crippen molar-refractivity contribution in [2.45, 2.75) is 30.5 Å². The number of amides is 1. The quantitative estimate of drug-likeness (QED) is 0.519. The first-order chi connectivity index (χ1) is 9.56. The minimum absolute atomic E-state index is 0.0594. The number of rotatable bonds is 4. The Balaban J connectivity index is 1.91. The molecule has 5 nitrogen and oxygen atoms in total. The van der Waals surface area contributed by atoms with Crippen LogP contribution < -0.4 is 5.32 Å². The smallest absolute Gasteiger partial charge is 0.270 e. The second-order valence-electron chi connectivity index (χ2n) is 5.15. The third-order valence-electron chi connectivity index (χ3n) is 3.59. The Morgan fingerprint density at radius 2 is 2.25 bits per heavy atom. The van der Waals surface area contributed by atoms with Crippen LogP contribution in [0.5, 0.6) is 0 Å². The van der Waals surface area contributed by atoms with E-state index in [9.17, 15) is 14.9 Å². The molecule has 1 aromatic rings. The van der Waals surface area contributed by atoms with Gasteiger partial charge in [0.05, 0.1) is 4.92 Å². The Labute approximate surface area is 126 Å². The van der Waals surface area contributed by atoms with E-state index in [0.717, 1.165) is 12.8 Å². The van der Waals surface area contributed by atoms with E-state index in [4.69, 9.17) is 0 Å². The number of non-ortho nitro benzene ring substituents is 1. The van der Waals surface area contributed by atoms with E-state index in [0.29, 0.717) is 22.9 Å². The summed E-state index contributed by atoms with van der Waals surface area (Å²) in [6, 6.07) is 5.81. The molecule has 0 radical (unpaired) electrons. The van der Waals surface area contributed by atoms with E-state index < -0.39 is 4.92 Å². The SMILES string of the molecule is O=C(NCC1CCCC(Br)C1)c1cccc([N+](=O)[O-])c1. The van der Waals surface area contributed by atoms with Crippen LogP contribution in [0.2, 0.25) is 0 Å². The molecule has 20 heavy (non-hydrogen) atoms. The average Bonchev–Trinajstić information content (AvgIpc) is 2.45. The van der Waals surface area contributed by atoms with Crippen molar-refractivity contribution in [2.24, 2.45) is 5.92 Å². The highest BCUT2D eigenvalue weighted by Crippen LogP contribution is 2.28. The van der Waals surface area contributed by atoms with Gasteiger partial charge >= 0.3 is 0 Å². The molecule has 1 N–H and O–H groups in total. The van der Waals surface area contributed by atoms with Crippen molar-refractivity contribution in [3.05, 3.63) is 39.9 Å². The van der Waals surface area contributed by atoms with Crippen LogP contribution in [0.15, 0.2) is 24.3 Å². The van der Waals surface area contributed by atoms with Gasteiger partial charge in [-0.2, -0.15) is 0 Å². The van der Waals surface area contributed by atoms with Gasteiger partial charge in [0.1, 0.15) is 0 Å². The molecule has 108 valence electrons. The summed E-state index contributed by atoms with van der Waals surface area (Å²) in [7, 11) is 0. The molecule has 0 aromatic heterocycles. The molecule has 0 saturated heterocycles. The van der Waals surface area contributed by atoms with Gasteiger partial charge in [-0.05, 0) is 31.2 Å². The first-order valence-corrected chi connectivity index (χ1v) is 7.64. The highest BCUT2D eigenvalue weighted by molar-refractivity contribution is 9.09. The second-order valence-corrected chi connectivity index (χ2v) is 6.44. The summed E-state index contributed by atoms with van der Waals surface area (Å²) in [6.07, 6.45) is 4.55. The van der Waals surface area contributed by atoms with Crippen molar-refractivity contribution < 1.29 is 9.72 Å². The van der Waals surface area contributed by atoms with Crippen LogP contribution in [0.1, 0.15) is 36.0 Å². The minimum Gasteiger partial charge on any atom is -0.352 e. The Kier molecular flexibility index (Phi) is 5.11. The molecular weight excluding hydrogens is 324 g/mol. The predicted molar refractivity (Wildman–Crippen MR) is 80.1 cm³/mol. The molecule has 1 fully saturated rings. The zero-order chi connectivity index (χ0) is 14.5. The summed E-state index contributed by atoms with van der Waals surface area (Å²) >= 11 is 3.62. The molecule has 0 aliphatic heterocycles. The van der Waals surface area contributed by atoms with Crippen LogP contribution in [-0.2, 0) is 0 Å². The fraction of sp³-hybridized carbons (Fsp3) is 0.500. The number of nitrogens with one attached hydrogen (secondary N) is 1. The first kappa shape index (κ1) is 15.0. The molecule has 2 unspecified atom stereocenters. The minimum atomic E-state index is -0.493. The molecule has 0 spiro atoms. The fourth-order valence-electron chi connectivity index (χ4n) is 2.51. The van der Waals surface area contributed by atoms with Gasteiger partial charge in [-0.1, -0.05) is 28.4 Å². The third-order valence-corrected chi connectivity index (χ3v) is 4.42. The van der Waals surface area contributed by atoms with Crippen molar-refractivity contribution in [1.29, 1.82) is 0 Å². The lowest BCUT2D eigenvalue weighted by Gasteiger charge is -2.25. The molecule has 1 aliphatic carbocycles. The van der Waals surface area contributed by atoms with Crippen LogP contribution in [0.4, 0.5) is 5.69 Å². The molecular formula is C14H17BrN2O3. The Hall–Kier alpha value is -1.43. The lowest BCUT2D eigenvalue weighted by atomic mass is 9.89. The topological polar surface area (TPSA) is 72.2 Å². The van der Waals surface area contributed by atoms with Crippen LogP contribution >= 0.6 is 15.9 Å². The number of hydrogen-bond donors (Lipinski definition) is 1. The van der Waals surface area contributed by atoms with Gasteiger partial charge < -0.3 is 5.32 Å². The van der Waals surface area contributed by atoms with Crippen LogP contribution in [0.3, 0.4) is 0 Å². The third kappa shape index (κ3) is 4.03. The van der Waals surface area contributed by atoms with Crippen molar-refractivity contribution >= 4 is 27.5 Å². The van der Waals surface area contributed by atoms with Gasteiger partial charge in [0, 0.05) is 29.1 Å². The lowest BCUT2D eigenvalue weighted by molar-refractivity contribution is -0.384. The summed E-state index contributed by atoms with van der Waals surface area (Å²) < 4.78 is 0. The van der Waals surface area contributed by atoms with E-state index in [1.807, 2.05) is 0 Å². The first-order valence-electron chi connectivity index (χ1n) is 6.73. The van der Waals surface area contributed by atoms with Crippen molar-refractivity contribution in [2.75, 3.05) is 6.54 Å². The van der Waals surface area contributed by atoms with E-state index >= 15 is 0 Å². The van der Waals surface area contributed by atoms with E-state index in [-0.39, 0.29) is 11.6 Å². The van der Waals surface area contributed by atoms with Crippen molar-refractivity contribution in [3.8, 4) is 0 Å². The molecule has 2 atom stereocenters. The molecule has 6 heteroatoms. The van der Waals surface area contributed by atoms with E-state index in [2.05, 4.69) is 21.2 Å². The number of halogens is 1. The number of carbonyl (C=O) groups excluding carboxylic acids is 1.